The SMILES string of the molecule is CC[C@@H]1CN=C2N(Cc3cnc(C)s3)C(=O)c3cc(S(=O)O)ccc3N21. The van der Waals surface area contributed by atoms with Gasteiger partial charge in [-0.1, -0.05) is 6.92 Å². The van der Waals surface area contributed by atoms with E-state index in [1.807, 2.05) is 6.92 Å². The highest BCUT2D eigenvalue weighted by Crippen LogP contribution is 2.36. The topological polar surface area (TPSA) is 86.1 Å². The van der Waals surface area contributed by atoms with Crippen LogP contribution in [0.2, 0.25) is 0 Å². The first kappa shape index (κ1) is 17.3. The van der Waals surface area contributed by atoms with Crippen molar-refractivity contribution in [3.8, 4) is 0 Å². The summed E-state index contributed by atoms with van der Waals surface area (Å²) in [4.78, 5) is 27.0. The Bertz CT molecular complexity index is 940. The molecule has 0 saturated heterocycles. The third-order valence-corrected chi connectivity index (χ3v) is 6.18. The average Bonchev–Trinajstić information content (AvgIpc) is 3.23. The number of anilines is 1. The molecule has 3 heterocycles. The fraction of sp³-hybridized carbons (Fsp3) is 0.353. The van der Waals surface area contributed by atoms with Crippen LogP contribution in [0.3, 0.4) is 0 Å². The molecule has 0 spiro atoms. The van der Waals surface area contributed by atoms with E-state index < -0.39 is 11.1 Å². The minimum Gasteiger partial charge on any atom is -0.306 e. The summed E-state index contributed by atoms with van der Waals surface area (Å²) in [5.41, 5.74) is 1.19. The van der Waals surface area contributed by atoms with Crippen molar-refractivity contribution in [1.82, 2.24) is 9.88 Å². The number of aromatic nitrogens is 1. The van der Waals surface area contributed by atoms with Crippen LogP contribution in [0, 0.1) is 6.92 Å². The molecule has 2 aliphatic heterocycles. The number of fused-ring (bicyclic) bond motifs is 3. The van der Waals surface area contributed by atoms with Crippen LogP contribution in [0.5, 0.6) is 0 Å². The van der Waals surface area contributed by atoms with Gasteiger partial charge in [-0.15, -0.1) is 11.3 Å². The van der Waals surface area contributed by atoms with Crippen molar-refractivity contribution in [3.05, 3.63) is 39.8 Å². The zero-order chi connectivity index (χ0) is 18.4. The summed E-state index contributed by atoms with van der Waals surface area (Å²) in [6.45, 7) is 5.04. The smallest absolute Gasteiger partial charge is 0.263 e. The minimum absolute atomic E-state index is 0.174. The maximum absolute atomic E-state index is 13.2. The Morgan fingerprint density at radius 3 is 2.88 bits per heavy atom. The maximum atomic E-state index is 13.2. The zero-order valence-electron chi connectivity index (χ0n) is 14.4. The lowest BCUT2D eigenvalue weighted by Gasteiger charge is -2.38. The van der Waals surface area contributed by atoms with Gasteiger partial charge < -0.3 is 9.45 Å². The van der Waals surface area contributed by atoms with Crippen molar-refractivity contribution >= 4 is 40.0 Å². The summed E-state index contributed by atoms with van der Waals surface area (Å²) in [5, 5.41) is 0.944. The van der Waals surface area contributed by atoms with E-state index in [0.717, 1.165) is 22.0 Å². The number of carbonyl (C=O) groups excluding carboxylic acids is 1. The molecular formula is C17H18N4O3S2. The molecule has 136 valence electrons. The molecular weight excluding hydrogens is 372 g/mol. The first-order chi connectivity index (χ1) is 12.5. The van der Waals surface area contributed by atoms with Gasteiger partial charge in [-0.3, -0.25) is 14.7 Å². The Kier molecular flexibility index (Phi) is 4.37. The molecule has 4 rings (SSSR count). The van der Waals surface area contributed by atoms with E-state index in [0.29, 0.717) is 24.6 Å². The Hall–Kier alpha value is -2.10. The van der Waals surface area contributed by atoms with Gasteiger partial charge in [0.1, 0.15) is 0 Å². The summed E-state index contributed by atoms with van der Waals surface area (Å²) in [6.07, 6.45) is 2.67. The van der Waals surface area contributed by atoms with E-state index >= 15 is 0 Å². The largest absolute Gasteiger partial charge is 0.306 e. The van der Waals surface area contributed by atoms with Crippen LogP contribution in [-0.4, -0.2) is 43.1 Å². The van der Waals surface area contributed by atoms with Gasteiger partial charge in [0.15, 0.2) is 11.1 Å². The zero-order valence-corrected chi connectivity index (χ0v) is 16.0. The molecule has 1 aromatic heterocycles. The Morgan fingerprint density at radius 1 is 1.42 bits per heavy atom. The van der Waals surface area contributed by atoms with Crippen molar-refractivity contribution in [2.75, 3.05) is 11.4 Å². The summed E-state index contributed by atoms with van der Waals surface area (Å²) >= 11 is -0.586. The monoisotopic (exact) mass is 390 g/mol. The molecule has 0 radical (unpaired) electrons. The van der Waals surface area contributed by atoms with Gasteiger partial charge >= 0.3 is 0 Å². The predicted molar refractivity (Wildman–Crippen MR) is 101 cm³/mol. The van der Waals surface area contributed by atoms with Crippen molar-refractivity contribution in [1.29, 1.82) is 0 Å². The van der Waals surface area contributed by atoms with Crippen LogP contribution < -0.4 is 4.90 Å². The lowest BCUT2D eigenvalue weighted by atomic mass is 10.1. The standard InChI is InChI=1S/C17H18N4O3S2/c1-3-11-7-19-17-20(9-12-8-18-10(2)25-12)16(22)14-6-13(26(23)24)4-5-15(14)21(11)17/h4-6,8,11H,3,7,9H2,1-2H3,(H,23,24)/t11-/m1/s1. The van der Waals surface area contributed by atoms with Gasteiger partial charge in [0.2, 0.25) is 5.96 Å². The molecule has 2 aromatic rings. The van der Waals surface area contributed by atoms with Gasteiger partial charge in [0.05, 0.1) is 40.3 Å². The number of aryl methyl sites for hydroxylation is 1. The molecule has 2 atom stereocenters. The molecule has 1 N–H and O–H groups in total. The fourth-order valence-electron chi connectivity index (χ4n) is 3.36. The quantitative estimate of drug-likeness (QED) is 0.811. The van der Waals surface area contributed by atoms with Crippen molar-refractivity contribution in [3.63, 3.8) is 0 Å². The third-order valence-electron chi connectivity index (χ3n) is 4.62. The van der Waals surface area contributed by atoms with Crippen molar-refractivity contribution in [2.45, 2.75) is 37.8 Å². The van der Waals surface area contributed by atoms with Crippen LogP contribution in [-0.2, 0) is 17.6 Å². The molecule has 2 aliphatic rings. The molecule has 0 saturated carbocycles. The van der Waals surface area contributed by atoms with Crippen LogP contribution >= 0.6 is 11.3 Å². The molecule has 1 aromatic carbocycles. The fourth-order valence-corrected chi connectivity index (χ4v) is 4.54. The van der Waals surface area contributed by atoms with E-state index in [4.69, 9.17) is 0 Å². The summed E-state index contributed by atoms with van der Waals surface area (Å²) in [6, 6.07) is 5.02. The van der Waals surface area contributed by atoms with Crippen LogP contribution in [0.4, 0.5) is 5.69 Å². The van der Waals surface area contributed by atoms with E-state index in [9.17, 15) is 13.6 Å². The number of thiazole rings is 1. The van der Waals surface area contributed by atoms with Gasteiger partial charge in [0.25, 0.3) is 5.91 Å². The Balaban J connectivity index is 1.80. The molecule has 0 aliphatic carbocycles. The number of nitrogens with zero attached hydrogens (tertiary/aromatic N) is 4. The van der Waals surface area contributed by atoms with Crippen LogP contribution in [0.15, 0.2) is 34.3 Å². The van der Waals surface area contributed by atoms with Crippen LogP contribution in [0.1, 0.15) is 33.6 Å². The first-order valence-corrected chi connectivity index (χ1v) is 10.2. The molecule has 9 heteroatoms. The van der Waals surface area contributed by atoms with Crippen molar-refractivity contribution in [2.24, 2.45) is 4.99 Å². The molecule has 0 fully saturated rings. The second-order valence-corrected chi connectivity index (χ2v) is 8.53. The number of benzene rings is 1. The van der Waals surface area contributed by atoms with Gasteiger partial charge in [-0.25, -0.2) is 9.19 Å². The third kappa shape index (κ3) is 2.76. The van der Waals surface area contributed by atoms with E-state index in [1.54, 1.807) is 34.6 Å². The summed E-state index contributed by atoms with van der Waals surface area (Å²) in [7, 11) is 0. The van der Waals surface area contributed by atoms with Gasteiger partial charge in [0, 0.05) is 11.1 Å². The van der Waals surface area contributed by atoms with Gasteiger partial charge in [-0.2, -0.15) is 0 Å². The molecule has 1 amide bonds. The van der Waals surface area contributed by atoms with E-state index in [-0.39, 0.29) is 16.8 Å². The lowest BCUT2D eigenvalue weighted by molar-refractivity contribution is 0.0833. The predicted octanol–water partition coefficient (Wildman–Crippen LogP) is 2.64. The van der Waals surface area contributed by atoms with E-state index in [1.165, 1.54) is 6.07 Å². The number of amides is 1. The minimum atomic E-state index is -2.13. The Labute approximate surface area is 157 Å². The first-order valence-electron chi connectivity index (χ1n) is 8.31. The number of hydrogen-bond donors (Lipinski definition) is 1. The second kappa shape index (κ2) is 6.57. The molecule has 0 bridgehead atoms. The number of hydrogen-bond acceptors (Lipinski definition) is 6. The molecule has 26 heavy (non-hydrogen) atoms. The van der Waals surface area contributed by atoms with Crippen molar-refractivity contribution < 1.29 is 13.6 Å². The second-order valence-electron chi connectivity index (χ2n) is 6.24. The molecule has 1 unspecified atom stereocenters. The highest BCUT2D eigenvalue weighted by Gasteiger charge is 2.41. The van der Waals surface area contributed by atoms with Crippen LogP contribution in [0.25, 0.3) is 0 Å². The summed E-state index contributed by atoms with van der Waals surface area (Å²) < 4.78 is 20.9. The molecule has 7 nitrogen and oxygen atoms in total. The highest BCUT2D eigenvalue weighted by atomic mass is 32.2. The normalized spacial score (nSPS) is 20.0. The summed E-state index contributed by atoms with van der Waals surface area (Å²) in [5.74, 6) is 0.448. The van der Waals surface area contributed by atoms with E-state index in [2.05, 4.69) is 21.8 Å². The lowest BCUT2D eigenvalue weighted by Crippen LogP contribution is -2.52. The number of aliphatic imine (C=N–C) groups is 1. The maximum Gasteiger partial charge on any atom is 0.263 e. The Morgan fingerprint density at radius 2 is 2.23 bits per heavy atom. The number of carbonyl (C=O) groups is 1. The highest BCUT2D eigenvalue weighted by molar-refractivity contribution is 7.79. The number of rotatable bonds is 4. The van der Waals surface area contributed by atoms with Gasteiger partial charge in [-0.05, 0) is 31.5 Å². The number of guanidine groups is 1. The average molecular weight is 390 g/mol.